The van der Waals surface area contributed by atoms with E-state index in [-0.39, 0.29) is 29.7 Å². The second-order valence-electron chi connectivity index (χ2n) is 10.2. The van der Waals surface area contributed by atoms with Gasteiger partial charge in [0.2, 0.25) is 5.91 Å². The highest BCUT2D eigenvalue weighted by Crippen LogP contribution is 2.36. The van der Waals surface area contributed by atoms with Crippen molar-refractivity contribution < 1.29 is 13.6 Å². The number of likely N-dealkylation sites (tertiary alicyclic amines) is 1. The van der Waals surface area contributed by atoms with Gasteiger partial charge in [0.25, 0.3) is 5.56 Å². The van der Waals surface area contributed by atoms with E-state index in [4.69, 9.17) is 8.83 Å². The van der Waals surface area contributed by atoms with Crippen LogP contribution in [0.5, 0.6) is 0 Å². The molecule has 1 fully saturated rings. The number of carbonyl (C=O) groups is 1. The average Bonchev–Trinajstić information content (AvgIpc) is 3.12. The number of rotatable bonds is 2. The van der Waals surface area contributed by atoms with E-state index < -0.39 is 5.63 Å². The third-order valence-electron chi connectivity index (χ3n) is 8.10. The lowest BCUT2D eigenvalue weighted by Gasteiger charge is -2.42. The molecule has 0 spiro atoms. The van der Waals surface area contributed by atoms with Crippen LogP contribution in [0.4, 0.5) is 0 Å². The Morgan fingerprint density at radius 1 is 0.943 bits per heavy atom. The van der Waals surface area contributed by atoms with Crippen molar-refractivity contribution in [2.45, 2.75) is 53.0 Å². The van der Waals surface area contributed by atoms with Crippen LogP contribution in [0.1, 0.15) is 46.0 Å². The standard InChI is InChI=1S/C28H28N2O5/c1-14-17(4)34-26-16(3)27-21(9-20(14)26)15(2)22(28(33)35-27)10-25(32)29-11-18-8-19(13-29)23-6-5-7-24(31)30(23)12-18/h5-7,9,18-19H,8,10-13H2,1-4H3/t18-,19+/m0/s1. The molecule has 5 heterocycles. The maximum Gasteiger partial charge on any atom is 0.340 e. The van der Waals surface area contributed by atoms with Crippen molar-refractivity contribution in [3.05, 3.63) is 78.7 Å². The Bertz CT molecular complexity index is 1650. The van der Waals surface area contributed by atoms with Gasteiger partial charge in [-0.25, -0.2) is 4.79 Å². The molecule has 0 aliphatic carbocycles. The van der Waals surface area contributed by atoms with Gasteiger partial charge in [-0.1, -0.05) is 6.07 Å². The number of hydrogen-bond donors (Lipinski definition) is 0. The first kappa shape index (κ1) is 21.9. The summed E-state index contributed by atoms with van der Waals surface area (Å²) in [5.74, 6) is 1.14. The van der Waals surface area contributed by atoms with Crippen molar-refractivity contribution in [1.82, 2.24) is 9.47 Å². The molecule has 180 valence electrons. The molecule has 1 saturated heterocycles. The zero-order valence-corrected chi connectivity index (χ0v) is 20.4. The smallest absolute Gasteiger partial charge is 0.340 e. The van der Waals surface area contributed by atoms with Crippen LogP contribution in [0.15, 0.2) is 42.7 Å². The predicted molar refractivity (Wildman–Crippen MR) is 133 cm³/mol. The number of hydrogen-bond acceptors (Lipinski definition) is 5. The lowest BCUT2D eigenvalue weighted by molar-refractivity contribution is -0.133. The number of furan rings is 1. The third kappa shape index (κ3) is 3.28. The molecule has 3 aromatic heterocycles. The highest BCUT2D eigenvalue weighted by molar-refractivity contribution is 6.00. The molecular formula is C28H28N2O5. The molecule has 6 rings (SSSR count). The van der Waals surface area contributed by atoms with Crippen molar-refractivity contribution >= 4 is 27.8 Å². The molecule has 7 heteroatoms. The molecule has 2 aliphatic rings. The average molecular weight is 473 g/mol. The quantitative estimate of drug-likeness (QED) is 0.410. The van der Waals surface area contributed by atoms with Crippen molar-refractivity contribution in [3.63, 3.8) is 0 Å². The Kier molecular flexibility index (Phi) is 4.82. The molecule has 4 aromatic rings. The Morgan fingerprint density at radius 3 is 2.49 bits per heavy atom. The zero-order chi connectivity index (χ0) is 24.6. The minimum Gasteiger partial charge on any atom is -0.461 e. The minimum absolute atomic E-state index is 0.00558. The molecule has 7 nitrogen and oxygen atoms in total. The molecule has 0 unspecified atom stereocenters. The van der Waals surface area contributed by atoms with Gasteiger partial charge in [0.1, 0.15) is 16.9 Å². The van der Waals surface area contributed by atoms with Crippen LogP contribution >= 0.6 is 0 Å². The van der Waals surface area contributed by atoms with Crippen LogP contribution in [-0.2, 0) is 17.8 Å². The van der Waals surface area contributed by atoms with E-state index in [0.29, 0.717) is 30.8 Å². The highest BCUT2D eigenvalue weighted by Gasteiger charge is 2.36. The second-order valence-corrected chi connectivity index (χ2v) is 10.2. The largest absolute Gasteiger partial charge is 0.461 e. The van der Waals surface area contributed by atoms with Gasteiger partial charge in [-0.05, 0) is 63.3 Å². The summed E-state index contributed by atoms with van der Waals surface area (Å²) in [6.45, 7) is 9.52. The summed E-state index contributed by atoms with van der Waals surface area (Å²) in [7, 11) is 0. The molecule has 0 saturated carbocycles. The van der Waals surface area contributed by atoms with E-state index in [1.54, 1.807) is 12.1 Å². The summed E-state index contributed by atoms with van der Waals surface area (Å²) in [5.41, 5.74) is 4.84. The van der Waals surface area contributed by atoms with Crippen LogP contribution in [0.25, 0.3) is 21.9 Å². The van der Waals surface area contributed by atoms with Gasteiger partial charge in [0.15, 0.2) is 0 Å². The third-order valence-corrected chi connectivity index (χ3v) is 8.10. The topological polar surface area (TPSA) is 85.7 Å². The molecule has 0 N–H and O–H groups in total. The van der Waals surface area contributed by atoms with Gasteiger partial charge < -0.3 is 18.3 Å². The molecule has 35 heavy (non-hydrogen) atoms. The fraction of sp³-hybridized carbons (Fsp3) is 0.393. The van der Waals surface area contributed by atoms with E-state index >= 15 is 0 Å². The zero-order valence-electron chi connectivity index (χ0n) is 20.4. The first-order valence-corrected chi connectivity index (χ1v) is 12.2. The number of nitrogens with zero attached hydrogens (tertiary/aromatic N) is 2. The van der Waals surface area contributed by atoms with Crippen LogP contribution in [0.2, 0.25) is 0 Å². The molecule has 1 amide bonds. The van der Waals surface area contributed by atoms with Gasteiger partial charge >= 0.3 is 5.63 Å². The summed E-state index contributed by atoms with van der Waals surface area (Å²) in [6, 6.07) is 7.38. The van der Waals surface area contributed by atoms with E-state index in [2.05, 4.69) is 0 Å². The molecule has 1 aromatic carbocycles. The molecule has 0 radical (unpaired) electrons. The number of aryl methyl sites for hydroxylation is 4. The summed E-state index contributed by atoms with van der Waals surface area (Å²) < 4.78 is 13.5. The SMILES string of the molecule is Cc1oc2c(C)c3oc(=O)c(CC(=O)N4C[C@@H]5C[C@H](C4)c4cccc(=O)n4C5)c(C)c3cc2c1C. The molecule has 2 aliphatic heterocycles. The van der Waals surface area contributed by atoms with Crippen molar-refractivity contribution in [2.75, 3.05) is 13.1 Å². The van der Waals surface area contributed by atoms with Gasteiger partial charge in [-0.15, -0.1) is 0 Å². The number of benzene rings is 1. The van der Waals surface area contributed by atoms with Crippen LogP contribution < -0.4 is 11.2 Å². The van der Waals surface area contributed by atoms with E-state index in [0.717, 1.165) is 50.9 Å². The van der Waals surface area contributed by atoms with Gasteiger partial charge in [-0.3, -0.25) is 9.59 Å². The van der Waals surface area contributed by atoms with Gasteiger partial charge in [0, 0.05) is 53.6 Å². The van der Waals surface area contributed by atoms with E-state index in [1.165, 1.54) is 0 Å². The molecular weight excluding hydrogens is 444 g/mol. The van der Waals surface area contributed by atoms with Gasteiger partial charge in [-0.2, -0.15) is 0 Å². The van der Waals surface area contributed by atoms with Gasteiger partial charge in [0.05, 0.1) is 12.0 Å². The number of carbonyl (C=O) groups excluding carboxylic acids is 1. The predicted octanol–water partition coefficient (Wildman–Crippen LogP) is 4.12. The number of piperidine rings is 1. The maximum atomic E-state index is 13.4. The maximum absolute atomic E-state index is 13.4. The Balaban J connectivity index is 1.35. The minimum atomic E-state index is -0.472. The monoisotopic (exact) mass is 472 g/mol. The van der Waals surface area contributed by atoms with Crippen LogP contribution in [-0.4, -0.2) is 28.5 Å². The molecule has 2 bridgehead atoms. The summed E-state index contributed by atoms with van der Waals surface area (Å²) in [4.78, 5) is 40.6. The van der Waals surface area contributed by atoms with Crippen molar-refractivity contribution in [3.8, 4) is 0 Å². The number of pyridine rings is 1. The van der Waals surface area contributed by atoms with E-state index in [9.17, 15) is 14.4 Å². The van der Waals surface area contributed by atoms with Crippen LogP contribution in [0.3, 0.4) is 0 Å². The van der Waals surface area contributed by atoms with E-state index in [1.807, 2.05) is 49.3 Å². The Labute approximate surface area is 201 Å². The summed E-state index contributed by atoms with van der Waals surface area (Å²) in [6.07, 6.45) is 0.981. The van der Waals surface area contributed by atoms with Crippen molar-refractivity contribution in [2.24, 2.45) is 5.92 Å². The normalized spacial score (nSPS) is 19.4. The number of fused-ring (bicyclic) bond motifs is 6. The Morgan fingerprint density at radius 2 is 1.69 bits per heavy atom. The highest BCUT2D eigenvalue weighted by atomic mass is 16.4. The summed E-state index contributed by atoms with van der Waals surface area (Å²) >= 11 is 0. The van der Waals surface area contributed by atoms with Crippen LogP contribution in [0, 0.1) is 33.6 Å². The lowest BCUT2D eigenvalue weighted by atomic mass is 9.83. The number of aromatic nitrogens is 1. The fourth-order valence-corrected chi connectivity index (χ4v) is 6.06. The van der Waals surface area contributed by atoms with Crippen molar-refractivity contribution in [1.29, 1.82) is 0 Å². The summed E-state index contributed by atoms with van der Waals surface area (Å²) in [5, 5.41) is 1.84. The first-order valence-electron chi connectivity index (χ1n) is 12.2. The Hall–Kier alpha value is -3.61. The lowest BCUT2D eigenvalue weighted by Crippen LogP contribution is -2.49. The fourth-order valence-electron chi connectivity index (χ4n) is 6.06. The molecule has 2 atom stereocenters. The number of amides is 1. The second kappa shape index (κ2) is 7.70. The first-order chi connectivity index (χ1) is 16.7.